The molecule has 0 radical (unpaired) electrons. The van der Waals surface area contributed by atoms with Gasteiger partial charge in [-0.1, -0.05) is 29.8 Å². The second-order valence-corrected chi connectivity index (χ2v) is 6.40. The van der Waals surface area contributed by atoms with Crippen LogP contribution < -0.4 is 5.32 Å². The molecule has 2 aromatic rings. The highest BCUT2D eigenvalue weighted by Crippen LogP contribution is 2.23. The number of hydrogen-bond acceptors (Lipinski definition) is 5. The number of aryl methyl sites for hydroxylation is 3. The van der Waals surface area contributed by atoms with Gasteiger partial charge in [-0.2, -0.15) is 0 Å². The molecule has 0 unspecified atom stereocenters. The maximum atomic E-state index is 12.0. The van der Waals surface area contributed by atoms with Gasteiger partial charge in [-0.15, -0.1) is 11.3 Å². The third kappa shape index (κ3) is 5.17. The van der Waals surface area contributed by atoms with Crippen molar-refractivity contribution in [2.24, 2.45) is 0 Å². The van der Waals surface area contributed by atoms with Gasteiger partial charge in [0.2, 0.25) is 5.91 Å². The van der Waals surface area contributed by atoms with Gasteiger partial charge < -0.3 is 10.1 Å². The maximum Gasteiger partial charge on any atom is 0.310 e. The van der Waals surface area contributed by atoms with Gasteiger partial charge in [0, 0.05) is 11.3 Å². The van der Waals surface area contributed by atoms with E-state index in [1.54, 1.807) is 0 Å². The van der Waals surface area contributed by atoms with E-state index in [1.807, 2.05) is 38.1 Å². The van der Waals surface area contributed by atoms with E-state index in [1.165, 1.54) is 24.0 Å². The topological polar surface area (TPSA) is 68.3 Å². The van der Waals surface area contributed by atoms with Crippen molar-refractivity contribution in [1.29, 1.82) is 0 Å². The fourth-order valence-corrected chi connectivity index (χ4v) is 3.01. The van der Waals surface area contributed by atoms with Crippen molar-refractivity contribution in [3.63, 3.8) is 0 Å². The van der Waals surface area contributed by atoms with Crippen LogP contribution in [0.15, 0.2) is 24.3 Å². The summed E-state index contributed by atoms with van der Waals surface area (Å²) in [5.41, 5.74) is 3.08. The Morgan fingerprint density at radius 3 is 2.57 bits per heavy atom. The molecule has 1 heterocycles. The third-order valence-corrected chi connectivity index (χ3v) is 4.51. The van der Waals surface area contributed by atoms with Crippen LogP contribution in [-0.2, 0) is 27.2 Å². The van der Waals surface area contributed by atoms with Crippen LogP contribution in [0.5, 0.6) is 0 Å². The van der Waals surface area contributed by atoms with Gasteiger partial charge in [-0.3, -0.25) is 9.59 Å². The molecule has 5 nitrogen and oxygen atoms in total. The summed E-state index contributed by atoms with van der Waals surface area (Å²) < 4.78 is 4.65. The number of rotatable bonds is 6. The minimum absolute atomic E-state index is 0.0797. The van der Waals surface area contributed by atoms with Crippen LogP contribution in [0.2, 0.25) is 0 Å². The number of amides is 1. The number of hydrogen-bond donors (Lipinski definition) is 1. The lowest BCUT2D eigenvalue weighted by Crippen LogP contribution is -2.12. The van der Waals surface area contributed by atoms with Gasteiger partial charge in [0.15, 0.2) is 5.13 Å². The lowest BCUT2D eigenvalue weighted by molar-refractivity contribution is -0.139. The number of thiazole rings is 1. The summed E-state index contributed by atoms with van der Waals surface area (Å²) in [6.45, 7) is 3.85. The van der Waals surface area contributed by atoms with E-state index in [2.05, 4.69) is 15.0 Å². The van der Waals surface area contributed by atoms with Crippen LogP contribution in [0.4, 0.5) is 5.13 Å². The number of carbonyl (C=O) groups is 2. The number of aromatic nitrogens is 1. The molecule has 2 rings (SSSR count). The maximum absolute atomic E-state index is 12.0. The molecule has 0 saturated heterocycles. The van der Waals surface area contributed by atoms with E-state index in [0.29, 0.717) is 18.0 Å². The first kappa shape index (κ1) is 17.1. The third-order valence-electron chi connectivity index (χ3n) is 3.43. The Balaban J connectivity index is 1.88. The molecule has 1 aromatic carbocycles. The molecule has 23 heavy (non-hydrogen) atoms. The molecular weight excluding hydrogens is 312 g/mol. The molecule has 0 aliphatic rings. The average Bonchev–Trinajstić information content (AvgIpc) is 2.86. The molecule has 1 aromatic heterocycles. The number of nitrogens with one attached hydrogen (secondary N) is 1. The van der Waals surface area contributed by atoms with E-state index < -0.39 is 0 Å². The fraction of sp³-hybridized carbons (Fsp3) is 0.353. The Kier molecular flexibility index (Phi) is 5.87. The quantitative estimate of drug-likeness (QED) is 0.826. The SMILES string of the molecule is COC(=O)Cc1sc(NC(=O)CCc2ccc(C)cc2)nc1C. The highest BCUT2D eigenvalue weighted by molar-refractivity contribution is 7.16. The van der Waals surface area contributed by atoms with Gasteiger partial charge in [0.25, 0.3) is 0 Å². The minimum atomic E-state index is -0.311. The molecule has 0 aliphatic carbocycles. The Morgan fingerprint density at radius 1 is 1.22 bits per heavy atom. The predicted octanol–water partition coefficient (Wildman–Crippen LogP) is 3.05. The summed E-state index contributed by atoms with van der Waals surface area (Å²) in [4.78, 5) is 28.4. The first-order chi connectivity index (χ1) is 11.0. The van der Waals surface area contributed by atoms with Crippen molar-refractivity contribution in [3.8, 4) is 0 Å². The molecule has 1 N–H and O–H groups in total. The van der Waals surface area contributed by atoms with E-state index in [9.17, 15) is 9.59 Å². The van der Waals surface area contributed by atoms with Crippen LogP contribution >= 0.6 is 11.3 Å². The zero-order valence-electron chi connectivity index (χ0n) is 13.5. The number of carbonyl (C=O) groups excluding carboxylic acids is 2. The monoisotopic (exact) mass is 332 g/mol. The van der Waals surface area contributed by atoms with E-state index in [-0.39, 0.29) is 18.3 Å². The fourth-order valence-electron chi connectivity index (χ4n) is 2.04. The van der Waals surface area contributed by atoms with Crippen molar-refractivity contribution < 1.29 is 14.3 Å². The highest BCUT2D eigenvalue weighted by atomic mass is 32.1. The summed E-state index contributed by atoms with van der Waals surface area (Å²) in [5.74, 6) is -0.391. The lowest BCUT2D eigenvalue weighted by Gasteiger charge is -2.02. The second kappa shape index (κ2) is 7.87. The van der Waals surface area contributed by atoms with Crippen molar-refractivity contribution in [1.82, 2.24) is 4.98 Å². The number of methoxy groups -OCH3 is 1. The van der Waals surface area contributed by atoms with Crippen LogP contribution in [0, 0.1) is 13.8 Å². The van der Waals surface area contributed by atoms with Crippen LogP contribution in [0.1, 0.15) is 28.1 Å². The first-order valence-corrected chi connectivity index (χ1v) is 8.18. The molecule has 0 saturated carbocycles. The second-order valence-electron chi connectivity index (χ2n) is 5.31. The predicted molar refractivity (Wildman–Crippen MR) is 90.7 cm³/mol. The van der Waals surface area contributed by atoms with Crippen molar-refractivity contribution in [2.45, 2.75) is 33.1 Å². The molecule has 122 valence electrons. The smallest absolute Gasteiger partial charge is 0.310 e. The summed E-state index contributed by atoms with van der Waals surface area (Å²) in [5, 5.41) is 3.32. The van der Waals surface area contributed by atoms with E-state index in [4.69, 9.17) is 0 Å². The van der Waals surface area contributed by atoms with Crippen molar-refractivity contribution in [3.05, 3.63) is 46.0 Å². The number of ether oxygens (including phenoxy) is 1. The molecule has 0 bridgehead atoms. The van der Waals surface area contributed by atoms with Crippen LogP contribution in [0.3, 0.4) is 0 Å². The van der Waals surface area contributed by atoms with Gasteiger partial charge in [0.05, 0.1) is 19.2 Å². The molecule has 6 heteroatoms. The Labute approximate surface area is 139 Å². The van der Waals surface area contributed by atoms with E-state index in [0.717, 1.165) is 16.1 Å². The number of esters is 1. The molecule has 0 spiro atoms. The summed E-state index contributed by atoms with van der Waals surface area (Å²) >= 11 is 1.31. The van der Waals surface area contributed by atoms with Crippen LogP contribution in [-0.4, -0.2) is 24.0 Å². The molecule has 1 amide bonds. The zero-order valence-corrected chi connectivity index (χ0v) is 14.3. The van der Waals surface area contributed by atoms with Gasteiger partial charge in [-0.25, -0.2) is 4.98 Å². The van der Waals surface area contributed by atoms with E-state index >= 15 is 0 Å². The first-order valence-electron chi connectivity index (χ1n) is 7.36. The minimum Gasteiger partial charge on any atom is -0.469 e. The standard InChI is InChI=1S/C17H20N2O3S/c1-11-4-6-13(7-5-11)8-9-15(20)19-17-18-12(2)14(23-17)10-16(21)22-3/h4-7H,8-10H2,1-3H3,(H,18,19,20). The largest absolute Gasteiger partial charge is 0.469 e. The lowest BCUT2D eigenvalue weighted by atomic mass is 10.1. The van der Waals surface area contributed by atoms with Gasteiger partial charge in [0.1, 0.15) is 0 Å². The molecule has 0 atom stereocenters. The average molecular weight is 332 g/mol. The van der Waals surface area contributed by atoms with Gasteiger partial charge >= 0.3 is 5.97 Å². The Hall–Kier alpha value is -2.21. The Morgan fingerprint density at radius 2 is 1.91 bits per heavy atom. The number of benzene rings is 1. The summed E-state index contributed by atoms with van der Waals surface area (Å²) in [6.07, 6.45) is 1.26. The van der Waals surface area contributed by atoms with Gasteiger partial charge in [-0.05, 0) is 25.8 Å². The Bertz CT molecular complexity index is 692. The highest BCUT2D eigenvalue weighted by Gasteiger charge is 2.13. The number of anilines is 1. The normalized spacial score (nSPS) is 10.4. The summed E-state index contributed by atoms with van der Waals surface area (Å²) in [6, 6.07) is 8.14. The molecular formula is C17H20N2O3S. The van der Waals surface area contributed by atoms with Crippen LogP contribution in [0.25, 0.3) is 0 Å². The number of nitrogens with zero attached hydrogens (tertiary/aromatic N) is 1. The molecule has 0 aliphatic heterocycles. The summed E-state index contributed by atoms with van der Waals surface area (Å²) in [7, 11) is 1.35. The zero-order chi connectivity index (χ0) is 16.8. The van der Waals surface area contributed by atoms with Crippen molar-refractivity contribution >= 4 is 28.3 Å². The van der Waals surface area contributed by atoms with Crippen molar-refractivity contribution in [2.75, 3.05) is 12.4 Å². The molecule has 0 fully saturated rings.